The van der Waals surface area contributed by atoms with Crippen LogP contribution in [0.2, 0.25) is 0 Å². The quantitative estimate of drug-likeness (QED) is 0.123. The van der Waals surface area contributed by atoms with Crippen molar-refractivity contribution in [2.45, 2.75) is 123 Å². The molecule has 4 amide bonds. The second-order valence-corrected chi connectivity index (χ2v) is 15.1. The zero-order chi connectivity index (χ0) is 37.6. The summed E-state index contributed by atoms with van der Waals surface area (Å²) in [6.45, 7) is 8.43. The highest BCUT2D eigenvalue weighted by Crippen LogP contribution is 2.28. The molecule has 1 saturated carbocycles. The molecule has 2 aromatic carbocycles. The molecule has 0 bridgehead atoms. The zero-order valence-corrected chi connectivity index (χ0v) is 31.1. The third-order valence-electron chi connectivity index (χ3n) is 9.62. The maximum Gasteiger partial charge on any atom is 0.419 e. The normalized spacial score (nSPS) is 15.9. The number of carbonyl (C=O) groups excluding carboxylic acids is 4. The van der Waals surface area contributed by atoms with E-state index in [2.05, 4.69) is 21.3 Å². The highest BCUT2D eigenvalue weighted by Gasteiger charge is 2.32. The van der Waals surface area contributed by atoms with Gasteiger partial charge >= 0.3 is 5.76 Å². The molecule has 52 heavy (non-hydrogen) atoms. The molecule has 284 valence electrons. The number of nitrogens with zero attached hydrogens (tertiary/aromatic N) is 1. The Morgan fingerprint density at radius 1 is 0.827 bits per heavy atom. The second kappa shape index (κ2) is 20.0. The summed E-state index contributed by atoms with van der Waals surface area (Å²) in [6.07, 6.45) is 5.05. The molecule has 3 aromatic rings. The molecule has 12 nitrogen and oxygen atoms in total. The van der Waals surface area contributed by atoms with E-state index in [4.69, 9.17) is 4.42 Å². The fraction of sp³-hybridized carbons (Fsp3) is 0.575. The maximum absolute atomic E-state index is 14.0. The van der Waals surface area contributed by atoms with Gasteiger partial charge in [-0.25, -0.2) is 4.79 Å². The number of benzene rings is 2. The molecule has 0 radical (unpaired) electrons. The Balaban J connectivity index is 1.48. The molecule has 1 aliphatic carbocycles. The molecule has 4 rings (SSSR count). The van der Waals surface area contributed by atoms with Crippen LogP contribution >= 0.6 is 0 Å². The van der Waals surface area contributed by atoms with Gasteiger partial charge in [0, 0.05) is 25.9 Å². The largest absolute Gasteiger partial charge is 0.419 e. The van der Waals surface area contributed by atoms with Crippen LogP contribution < -0.4 is 27.0 Å². The van der Waals surface area contributed by atoms with Crippen LogP contribution in [-0.2, 0) is 32.1 Å². The van der Waals surface area contributed by atoms with Crippen LogP contribution in [0.3, 0.4) is 0 Å². The summed E-state index contributed by atoms with van der Waals surface area (Å²) in [5, 5.41) is 22.9. The van der Waals surface area contributed by atoms with Crippen molar-refractivity contribution in [3.05, 3.63) is 70.7 Å². The van der Waals surface area contributed by atoms with Crippen molar-refractivity contribution in [2.24, 2.45) is 17.8 Å². The van der Waals surface area contributed by atoms with Crippen LogP contribution in [0.1, 0.15) is 91.0 Å². The Morgan fingerprint density at radius 3 is 2.19 bits per heavy atom. The SMILES string of the molecule is CC(C)CNC(=O)CC(O)C(CC1CCCCC1)NC(=O)[C@H](CC(C)C)NC(=O)[C@H](Cc1ccccc1)NC(=O)CCn1c(=O)oc2ccccc21. The maximum atomic E-state index is 14.0. The van der Waals surface area contributed by atoms with E-state index in [0.29, 0.717) is 36.4 Å². The second-order valence-electron chi connectivity index (χ2n) is 15.1. The van der Waals surface area contributed by atoms with Crippen LogP contribution in [0, 0.1) is 17.8 Å². The summed E-state index contributed by atoms with van der Waals surface area (Å²) in [6, 6.07) is 13.6. The molecule has 0 aliphatic heterocycles. The summed E-state index contributed by atoms with van der Waals surface area (Å²) in [5.41, 5.74) is 1.81. The first kappa shape index (κ1) is 40.3. The van der Waals surface area contributed by atoms with Crippen molar-refractivity contribution in [2.75, 3.05) is 6.54 Å². The summed E-state index contributed by atoms with van der Waals surface area (Å²) < 4.78 is 6.67. The number of amides is 4. The topological polar surface area (TPSA) is 172 Å². The van der Waals surface area contributed by atoms with Gasteiger partial charge < -0.3 is 30.8 Å². The molecule has 2 unspecified atom stereocenters. The highest BCUT2D eigenvalue weighted by atomic mass is 16.4. The van der Waals surface area contributed by atoms with E-state index in [-0.39, 0.29) is 43.6 Å². The van der Waals surface area contributed by atoms with Gasteiger partial charge in [-0.1, -0.05) is 102 Å². The Labute approximate surface area is 306 Å². The summed E-state index contributed by atoms with van der Waals surface area (Å²) in [7, 11) is 0. The fourth-order valence-electron chi connectivity index (χ4n) is 6.84. The number of aromatic nitrogens is 1. The summed E-state index contributed by atoms with van der Waals surface area (Å²) >= 11 is 0. The third-order valence-corrected chi connectivity index (χ3v) is 9.62. The van der Waals surface area contributed by atoms with E-state index in [9.17, 15) is 29.1 Å². The average molecular weight is 720 g/mol. The van der Waals surface area contributed by atoms with Crippen LogP contribution in [0.5, 0.6) is 0 Å². The van der Waals surface area contributed by atoms with Crippen molar-refractivity contribution in [3.8, 4) is 0 Å². The summed E-state index contributed by atoms with van der Waals surface area (Å²) in [5.74, 6) is -1.65. The van der Waals surface area contributed by atoms with Gasteiger partial charge in [-0.15, -0.1) is 0 Å². The van der Waals surface area contributed by atoms with Gasteiger partial charge in [0.25, 0.3) is 0 Å². The molecule has 0 spiro atoms. The highest BCUT2D eigenvalue weighted by molar-refractivity contribution is 5.92. The number of oxazole rings is 1. The van der Waals surface area contributed by atoms with Crippen molar-refractivity contribution in [1.82, 2.24) is 25.8 Å². The molecule has 5 N–H and O–H groups in total. The molecule has 12 heteroatoms. The Bertz CT molecular complexity index is 1660. The number of carbonyl (C=O) groups is 4. The van der Waals surface area contributed by atoms with Crippen LogP contribution in [0.25, 0.3) is 11.1 Å². The zero-order valence-electron chi connectivity index (χ0n) is 31.1. The lowest BCUT2D eigenvalue weighted by molar-refractivity contribution is -0.133. The van der Waals surface area contributed by atoms with Gasteiger partial charge in [0.2, 0.25) is 23.6 Å². The van der Waals surface area contributed by atoms with E-state index in [1.807, 2.05) is 58.0 Å². The van der Waals surface area contributed by atoms with Crippen LogP contribution in [-0.4, -0.2) is 64.1 Å². The Hall–Kier alpha value is -4.45. The fourth-order valence-corrected chi connectivity index (χ4v) is 6.84. The number of rotatable bonds is 19. The molecular weight excluding hydrogens is 662 g/mol. The van der Waals surface area contributed by atoms with Crippen LogP contribution in [0.4, 0.5) is 0 Å². The number of aliphatic hydroxyl groups is 1. The molecule has 1 heterocycles. The lowest BCUT2D eigenvalue weighted by Crippen LogP contribution is -2.57. The van der Waals surface area contributed by atoms with E-state index >= 15 is 0 Å². The first-order chi connectivity index (χ1) is 24.9. The predicted molar refractivity (Wildman–Crippen MR) is 200 cm³/mol. The van der Waals surface area contributed by atoms with Gasteiger partial charge in [-0.2, -0.15) is 0 Å². The van der Waals surface area contributed by atoms with E-state index in [1.54, 1.807) is 24.3 Å². The van der Waals surface area contributed by atoms with Gasteiger partial charge in [0.1, 0.15) is 12.1 Å². The van der Waals surface area contributed by atoms with Crippen LogP contribution in [0.15, 0.2) is 63.8 Å². The van der Waals surface area contributed by atoms with Gasteiger partial charge in [-0.05, 0) is 48.3 Å². The lowest BCUT2D eigenvalue weighted by atomic mass is 9.83. The lowest BCUT2D eigenvalue weighted by Gasteiger charge is -2.32. The number of para-hydroxylation sites is 2. The first-order valence-corrected chi connectivity index (χ1v) is 18.9. The van der Waals surface area contributed by atoms with Crippen molar-refractivity contribution in [3.63, 3.8) is 0 Å². The monoisotopic (exact) mass is 719 g/mol. The number of nitrogens with one attached hydrogen (secondary N) is 4. The van der Waals surface area contributed by atoms with E-state index in [0.717, 1.165) is 37.7 Å². The number of fused-ring (bicyclic) bond motifs is 1. The third kappa shape index (κ3) is 12.6. The van der Waals surface area contributed by atoms with Crippen molar-refractivity contribution in [1.29, 1.82) is 0 Å². The summed E-state index contributed by atoms with van der Waals surface area (Å²) in [4.78, 5) is 66.4. The number of aryl methyl sites for hydroxylation is 1. The molecule has 1 fully saturated rings. The van der Waals surface area contributed by atoms with Crippen molar-refractivity contribution < 1.29 is 28.7 Å². The minimum absolute atomic E-state index is 0.0323. The minimum Gasteiger partial charge on any atom is -0.408 e. The van der Waals surface area contributed by atoms with Gasteiger partial charge in [-0.3, -0.25) is 23.7 Å². The van der Waals surface area contributed by atoms with E-state index in [1.165, 1.54) is 4.57 Å². The molecular formula is C40H57N5O7. The molecule has 4 atom stereocenters. The molecule has 0 saturated heterocycles. The number of aliphatic hydroxyl groups excluding tert-OH is 1. The smallest absolute Gasteiger partial charge is 0.408 e. The standard InChI is InChI=1S/C40H57N5O7/c1-26(2)21-31(38(49)43-30(22-28-13-7-5-8-14-28)34(46)24-37(48)41-25-27(3)4)44-39(50)32(23-29-15-9-6-10-16-29)42-36(47)19-20-45-33-17-11-12-18-35(33)52-40(45)51/h6,9-12,15-18,26-28,30-32,34,46H,5,7-8,13-14,19-25H2,1-4H3,(H,41,48)(H,42,47)(H,43,49)(H,44,50)/t30?,31-,32-,34?/m0/s1. The Kier molecular flexibility index (Phi) is 15.5. The first-order valence-electron chi connectivity index (χ1n) is 18.9. The van der Waals surface area contributed by atoms with Crippen molar-refractivity contribution >= 4 is 34.7 Å². The van der Waals surface area contributed by atoms with E-state index < -0.39 is 47.7 Å². The number of hydrogen-bond acceptors (Lipinski definition) is 7. The minimum atomic E-state index is -1.10. The Morgan fingerprint density at radius 2 is 1.50 bits per heavy atom. The van der Waals surface area contributed by atoms with Gasteiger partial charge in [0.05, 0.1) is 24.1 Å². The number of hydrogen-bond donors (Lipinski definition) is 5. The predicted octanol–water partition coefficient (Wildman–Crippen LogP) is 4.22. The molecule has 1 aliphatic rings. The average Bonchev–Trinajstić information content (AvgIpc) is 3.44. The van der Waals surface area contributed by atoms with Gasteiger partial charge in [0.15, 0.2) is 5.58 Å². The molecule has 1 aromatic heterocycles.